The van der Waals surface area contributed by atoms with E-state index in [2.05, 4.69) is 10.6 Å². The number of anilines is 1. The van der Waals surface area contributed by atoms with Crippen LogP contribution in [0.5, 0.6) is 0 Å². The summed E-state index contributed by atoms with van der Waals surface area (Å²) in [4.78, 5) is 11.7. The maximum absolute atomic E-state index is 13.0. The summed E-state index contributed by atoms with van der Waals surface area (Å²) in [6.07, 6.45) is 5.59. The molecule has 1 aliphatic carbocycles. The second-order valence-corrected chi connectivity index (χ2v) is 4.88. The number of hydrogen-bond donors (Lipinski definition) is 2. The minimum atomic E-state index is -0.919. The molecule has 0 aliphatic heterocycles. The van der Waals surface area contributed by atoms with Gasteiger partial charge < -0.3 is 10.6 Å². The zero-order valence-electron chi connectivity index (χ0n) is 10.7. The van der Waals surface area contributed by atoms with Gasteiger partial charge in [0.1, 0.15) is 0 Å². The Morgan fingerprint density at radius 1 is 1.16 bits per heavy atom. The van der Waals surface area contributed by atoms with E-state index in [1.54, 1.807) is 0 Å². The molecule has 1 saturated carbocycles. The average molecular weight is 268 g/mol. The molecule has 1 fully saturated rings. The van der Waals surface area contributed by atoms with E-state index in [1.165, 1.54) is 12.5 Å². The predicted molar refractivity (Wildman–Crippen MR) is 69.9 cm³/mol. The number of nitrogens with one attached hydrogen (secondary N) is 2. The van der Waals surface area contributed by atoms with Crippen molar-refractivity contribution in [2.45, 2.75) is 38.1 Å². The molecule has 0 saturated heterocycles. The number of rotatable bonds is 4. The van der Waals surface area contributed by atoms with Gasteiger partial charge in [0.25, 0.3) is 0 Å². The lowest BCUT2D eigenvalue weighted by atomic mass is 9.95. The Morgan fingerprint density at radius 3 is 2.58 bits per heavy atom. The maximum Gasteiger partial charge on any atom is 0.239 e. The predicted octanol–water partition coefficient (Wildman–Crippen LogP) is 2.83. The van der Waals surface area contributed by atoms with E-state index in [-0.39, 0.29) is 18.5 Å². The van der Waals surface area contributed by atoms with Crippen molar-refractivity contribution in [1.82, 2.24) is 5.32 Å². The van der Waals surface area contributed by atoms with Gasteiger partial charge in [-0.15, -0.1) is 0 Å². The van der Waals surface area contributed by atoms with Crippen LogP contribution < -0.4 is 10.6 Å². The molecule has 0 aromatic heterocycles. The summed E-state index contributed by atoms with van der Waals surface area (Å²) >= 11 is 0. The summed E-state index contributed by atoms with van der Waals surface area (Å²) in [5, 5.41) is 5.73. The number of amides is 1. The Bertz CT molecular complexity index is 445. The normalized spacial score (nSPS) is 16.1. The van der Waals surface area contributed by atoms with Crippen molar-refractivity contribution in [2.75, 3.05) is 11.9 Å². The lowest BCUT2D eigenvalue weighted by Gasteiger charge is -2.22. The smallest absolute Gasteiger partial charge is 0.239 e. The van der Waals surface area contributed by atoms with E-state index in [9.17, 15) is 13.6 Å². The molecule has 3 nitrogen and oxygen atoms in total. The zero-order chi connectivity index (χ0) is 13.7. The first-order chi connectivity index (χ1) is 9.15. The minimum absolute atomic E-state index is 0.0710. The van der Waals surface area contributed by atoms with Crippen molar-refractivity contribution in [3.05, 3.63) is 29.8 Å². The number of carbonyl (C=O) groups is 1. The molecule has 0 heterocycles. The summed E-state index contributed by atoms with van der Waals surface area (Å²) in [5.41, 5.74) is 0.401. The first-order valence-electron chi connectivity index (χ1n) is 6.63. The Kier molecular flexibility index (Phi) is 4.71. The minimum Gasteiger partial charge on any atom is -0.376 e. The molecular weight excluding hydrogens is 250 g/mol. The molecule has 1 aromatic rings. The van der Waals surface area contributed by atoms with Crippen LogP contribution in [0.4, 0.5) is 14.5 Å². The number of halogens is 2. The van der Waals surface area contributed by atoms with Gasteiger partial charge >= 0.3 is 0 Å². The van der Waals surface area contributed by atoms with Gasteiger partial charge in [0.2, 0.25) is 5.91 Å². The number of hydrogen-bond acceptors (Lipinski definition) is 2. The third-order valence-electron chi connectivity index (χ3n) is 3.34. The first kappa shape index (κ1) is 13.8. The molecule has 2 N–H and O–H groups in total. The molecule has 1 aliphatic rings. The quantitative estimate of drug-likeness (QED) is 0.881. The van der Waals surface area contributed by atoms with Gasteiger partial charge in [-0.05, 0) is 25.0 Å². The molecule has 0 unspecified atom stereocenters. The van der Waals surface area contributed by atoms with Crippen LogP contribution in [0.1, 0.15) is 32.1 Å². The fourth-order valence-corrected chi connectivity index (χ4v) is 2.31. The molecule has 0 radical (unpaired) electrons. The monoisotopic (exact) mass is 268 g/mol. The highest BCUT2D eigenvalue weighted by Crippen LogP contribution is 2.17. The van der Waals surface area contributed by atoms with Crippen LogP contribution in [0.25, 0.3) is 0 Å². The van der Waals surface area contributed by atoms with Crippen LogP contribution in [-0.4, -0.2) is 18.5 Å². The molecule has 2 rings (SSSR count). The van der Waals surface area contributed by atoms with E-state index >= 15 is 0 Å². The summed E-state index contributed by atoms with van der Waals surface area (Å²) in [6, 6.07) is 3.75. The van der Waals surface area contributed by atoms with Crippen molar-refractivity contribution in [3.8, 4) is 0 Å². The van der Waals surface area contributed by atoms with E-state index in [1.807, 2.05) is 0 Å². The molecule has 0 spiro atoms. The van der Waals surface area contributed by atoms with Crippen molar-refractivity contribution < 1.29 is 13.6 Å². The summed E-state index contributed by atoms with van der Waals surface area (Å²) in [5.74, 6) is -1.92. The zero-order valence-corrected chi connectivity index (χ0v) is 10.7. The standard InChI is InChI=1S/C14H18F2N2O/c15-12-7-6-11(8-13(12)16)17-9-14(19)18-10-4-2-1-3-5-10/h6-8,10,17H,1-5,9H2,(H,18,19). The lowest BCUT2D eigenvalue weighted by Crippen LogP contribution is -2.39. The molecule has 1 amide bonds. The average Bonchev–Trinajstić information content (AvgIpc) is 2.41. The van der Waals surface area contributed by atoms with Crippen LogP contribution in [0, 0.1) is 11.6 Å². The highest BCUT2D eigenvalue weighted by atomic mass is 19.2. The van der Waals surface area contributed by atoms with Crippen molar-refractivity contribution in [1.29, 1.82) is 0 Å². The Hall–Kier alpha value is -1.65. The molecule has 104 valence electrons. The maximum atomic E-state index is 13.0. The highest BCUT2D eigenvalue weighted by Gasteiger charge is 2.15. The fraction of sp³-hybridized carbons (Fsp3) is 0.500. The fourth-order valence-electron chi connectivity index (χ4n) is 2.31. The largest absolute Gasteiger partial charge is 0.376 e. The summed E-state index contributed by atoms with van der Waals surface area (Å²) < 4.78 is 25.7. The van der Waals surface area contributed by atoms with E-state index in [0.717, 1.165) is 37.8 Å². The van der Waals surface area contributed by atoms with E-state index in [0.29, 0.717) is 5.69 Å². The van der Waals surface area contributed by atoms with Gasteiger partial charge in [-0.1, -0.05) is 19.3 Å². The van der Waals surface area contributed by atoms with Crippen molar-refractivity contribution in [3.63, 3.8) is 0 Å². The molecule has 0 atom stereocenters. The SMILES string of the molecule is O=C(CNc1ccc(F)c(F)c1)NC1CCCCC1. The summed E-state index contributed by atoms with van der Waals surface area (Å²) in [7, 11) is 0. The van der Waals surface area contributed by atoms with Gasteiger partial charge in [0.15, 0.2) is 11.6 Å². The lowest BCUT2D eigenvalue weighted by molar-refractivity contribution is -0.120. The number of carbonyl (C=O) groups excluding carboxylic acids is 1. The van der Waals surface area contributed by atoms with Crippen LogP contribution in [0.2, 0.25) is 0 Å². The summed E-state index contributed by atoms with van der Waals surface area (Å²) in [6.45, 7) is 0.0710. The van der Waals surface area contributed by atoms with Crippen LogP contribution in [0.15, 0.2) is 18.2 Å². The van der Waals surface area contributed by atoms with Gasteiger partial charge in [0.05, 0.1) is 6.54 Å². The van der Waals surface area contributed by atoms with Crippen LogP contribution in [0.3, 0.4) is 0 Å². The molecule has 19 heavy (non-hydrogen) atoms. The van der Waals surface area contributed by atoms with E-state index < -0.39 is 11.6 Å². The van der Waals surface area contributed by atoms with Gasteiger partial charge in [-0.2, -0.15) is 0 Å². The highest BCUT2D eigenvalue weighted by molar-refractivity contribution is 5.80. The first-order valence-corrected chi connectivity index (χ1v) is 6.63. The third kappa shape index (κ3) is 4.19. The second kappa shape index (κ2) is 6.50. The Balaban J connectivity index is 1.77. The molecular formula is C14H18F2N2O. The van der Waals surface area contributed by atoms with Gasteiger partial charge in [-0.3, -0.25) is 4.79 Å². The van der Waals surface area contributed by atoms with Crippen LogP contribution in [-0.2, 0) is 4.79 Å². The van der Waals surface area contributed by atoms with Gasteiger partial charge in [0, 0.05) is 17.8 Å². The van der Waals surface area contributed by atoms with Crippen molar-refractivity contribution in [2.24, 2.45) is 0 Å². The number of benzene rings is 1. The van der Waals surface area contributed by atoms with E-state index in [4.69, 9.17) is 0 Å². The topological polar surface area (TPSA) is 41.1 Å². The molecule has 1 aromatic carbocycles. The second-order valence-electron chi connectivity index (χ2n) is 4.88. The Labute approximate surface area is 111 Å². The Morgan fingerprint density at radius 2 is 1.89 bits per heavy atom. The van der Waals surface area contributed by atoms with Gasteiger partial charge in [-0.25, -0.2) is 8.78 Å². The third-order valence-corrected chi connectivity index (χ3v) is 3.34. The molecule has 5 heteroatoms. The molecule has 0 bridgehead atoms. The van der Waals surface area contributed by atoms with Crippen LogP contribution >= 0.6 is 0 Å². The van der Waals surface area contributed by atoms with Crippen molar-refractivity contribution >= 4 is 11.6 Å².